The zero-order valence-corrected chi connectivity index (χ0v) is 16.7. The Bertz CT molecular complexity index is 1080. The van der Waals surface area contributed by atoms with Gasteiger partial charge in [0, 0.05) is 25.3 Å². The minimum Gasteiger partial charge on any atom is -0.488 e. The van der Waals surface area contributed by atoms with Crippen LogP contribution in [0.25, 0.3) is 6.08 Å². The van der Waals surface area contributed by atoms with Crippen molar-refractivity contribution in [2.45, 2.75) is 4.90 Å². The predicted octanol–water partition coefficient (Wildman–Crippen LogP) is 1.89. The third kappa shape index (κ3) is 4.82. The van der Waals surface area contributed by atoms with Gasteiger partial charge >= 0.3 is 5.97 Å². The number of amides is 1. The van der Waals surface area contributed by atoms with Gasteiger partial charge in [0.15, 0.2) is 6.61 Å². The fourth-order valence-electron chi connectivity index (χ4n) is 2.60. The Morgan fingerprint density at radius 1 is 1.14 bits per heavy atom. The molecule has 0 bridgehead atoms. The van der Waals surface area contributed by atoms with Gasteiger partial charge in [0.25, 0.3) is 5.91 Å². The first-order chi connectivity index (χ1) is 13.8. The number of hydrogen-bond donors (Lipinski definition) is 1. The first-order valence-corrected chi connectivity index (χ1v) is 10.1. The lowest BCUT2D eigenvalue weighted by molar-refractivity contribution is -0.143. The number of sulfonamides is 1. The molecular weight excluding hydrogens is 396 g/mol. The van der Waals surface area contributed by atoms with E-state index in [4.69, 9.17) is 9.47 Å². The van der Waals surface area contributed by atoms with Crippen LogP contribution in [0.4, 0.5) is 5.69 Å². The van der Waals surface area contributed by atoms with Gasteiger partial charge in [0.1, 0.15) is 12.4 Å². The van der Waals surface area contributed by atoms with Crippen molar-refractivity contribution in [2.24, 2.45) is 0 Å². The lowest BCUT2D eigenvalue weighted by atomic mass is 10.1. The molecule has 1 heterocycles. The molecule has 1 amide bonds. The third-order valence-electron chi connectivity index (χ3n) is 4.12. The van der Waals surface area contributed by atoms with Crippen LogP contribution in [0.1, 0.15) is 5.56 Å². The summed E-state index contributed by atoms with van der Waals surface area (Å²) in [5.41, 5.74) is 1.34. The van der Waals surface area contributed by atoms with E-state index in [1.165, 1.54) is 32.3 Å². The van der Waals surface area contributed by atoms with Gasteiger partial charge in [-0.05, 0) is 30.3 Å². The SMILES string of the molecule is CN(C)S(=O)(=O)c1cccc(NC(=O)COC(=O)C2=Cc3ccccc3OC2)c1. The minimum atomic E-state index is -3.62. The number of para-hydroxylation sites is 1. The number of anilines is 1. The first kappa shape index (κ1) is 20.6. The van der Waals surface area contributed by atoms with E-state index in [9.17, 15) is 18.0 Å². The van der Waals surface area contributed by atoms with Gasteiger partial charge in [-0.2, -0.15) is 0 Å². The van der Waals surface area contributed by atoms with E-state index >= 15 is 0 Å². The summed E-state index contributed by atoms with van der Waals surface area (Å²) in [4.78, 5) is 24.3. The van der Waals surface area contributed by atoms with Crippen LogP contribution < -0.4 is 10.1 Å². The lowest BCUT2D eigenvalue weighted by Crippen LogP contribution is -2.24. The highest BCUT2D eigenvalue weighted by molar-refractivity contribution is 7.89. The Labute approximate surface area is 168 Å². The molecule has 1 aliphatic rings. The van der Waals surface area contributed by atoms with Crippen LogP contribution in [0.5, 0.6) is 5.75 Å². The monoisotopic (exact) mass is 416 g/mol. The van der Waals surface area contributed by atoms with Gasteiger partial charge in [0.2, 0.25) is 10.0 Å². The number of benzene rings is 2. The first-order valence-electron chi connectivity index (χ1n) is 8.69. The Kier molecular flexibility index (Phi) is 6.00. The average Bonchev–Trinajstić information content (AvgIpc) is 2.71. The summed E-state index contributed by atoms with van der Waals surface area (Å²) in [6, 6.07) is 13.1. The van der Waals surface area contributed by atoms with Crippen molar-refractivity contribution in [3.8, 4) is 5.75 Å². The number of esters is 1. The molecule has 0 atom stereocenters. The Morgan fingerprint density at radius 2 is 1.90 bits per heavy atom. The summed E-state index contributed by atoms with van der Waals surface area (Å²) in [6.07, 6.45) is 1.66. The van der Waals surface area contributed by atoms with Crippen molar-refractivity contribution in [1.29, 1.82) is 0 Å². The van der Waals surface area contributed by atoms with E-state index in [-0.39, 0.29) is 17.2 Å². The Balaban J connectivity index is 1.60. The Hall–Kier alpha value is -3.17. The van der Waals surface area contributed by atoms with Gasteiger partial charge in [-0.1, -0.05) is 24.3 Å². The van der Waals surface area contributed by atoms with Gasteiger partial charge in [-0.25, -0.2) is 17.5 Å². The van der Waals surface area contributed by atoms with Crippen molar-refractivity contribution in [3.05, 3.63) is 59.7 Å². The largest absolute Gasteiger partial charge is 0.488 e. The summed E-state index contributed by atoms with van der Waals surface area (Å²) in [6.45, 7) is -0.454. The number of nitrogens with one attached hydrogen (secondary N) is 1. The molecule has 0 aromatic heterocycles. The zero-order chi connectivity index (χ0) is 21.0. The number of carbonyl (C=O) groups excluding carboxylic acids is 2. The predicted molar refractivity (Wildman–Crippen MR) is 107 cm³/mol. The maximum Gasteiger partial charge on any atom is 0.338 e. The van der Waals surface area contributed by atoms with Gasteiger partial charge in [-0.3, -0.25) is 4.79 Å². The fraction of sp³-hybridized carbons (Fsp3) is 0.200. The summed E-state index contributed by atoms with van der Waals surface area (Å²) < 4.78 is 36.0. The molecule has 3 rings (SSSR count). The number of fused-ring (bicyclic) bond motifs is 1. The molecule has 0 saturated heterocycles. The summed E-state index contributed by atoms with van der Waals surface area (Å²) in [5.74, 6) is -0.566. The second-order valence-electron chi connectivity index (χ2n) is 6.44. The minimum absolute atomic E-state index is 0.0421. The van der Waals surface area contributed by atoms with Gasteiger partial charge < -0.3 is 14.8 Å². The van der Waals surface area contributed by atoms with Crippen LogP contribution in [0, 0.1) is 0 Å². The molecule has 0 fully saturated rings. The maximum atomic E-state index is 12.2. The van der Waals surface area contributed by atoms with Crippen LogP contribution in [-0.4, -0.2) is 51.9 Å². The van der Waals surface area contributed by atoms with Gasteiger partial charge in [-0.15, -0.1) is 0 Å². The molecule has 152 valence electrons. The number of rotatable bonds is 6. The van der Waals surface area contributed by atoms with Crippen molar-refractivity contribution >= 4 is 33.7 Å². The second kappa shape index (κ2) is 8.46. The van der Waals surface area contributed by atoms with Crippen molar-refractivity contribution in [1.82, 2.24) is 4.31 Å². The molecular formula is C20H20N2O6S. The van der Waals surface area contributed by atoms with E-state index in [0.29, 0.717) is 11.3 Å². The molecule has 1 aliphatic heterocycles. The Morgan fingerprint density at radius 3 is 2.66 bits per heavy atom. The molecule has 9 heteroatoms. The molecule has 0 spiro atoms. The number of nitrogens with zero attached hydrogens (tertiary/aromatic N) is 1. The second-order valence-corrected chi connectivity index (χ2v) is 8.59. The summed E-state index contributed by atoms with van der Waals surface area (Å²) in [7, 11) is -0.787. The number of ether oxygens (including phenoxy) is 2. The zero-order valence-electron chi connectivity index (χ0n) is 15.9. The number of carbonyl (C=O) groups is 2. The van der Waals surface area contributed by atoms with Crippen molar-refractivity contribution in [3.63, 3.8) is 0 Å². The quantitative estimate of drug-likeness (QED) is 0.722. The van der Waals surface area contributed by atoms with E-state index in [2.05, 4.69) is 5.32 Å². The fourth-order valence-corrected chi connectivity index (χ4v) is 3.55. The molecule has 0 aliphatic carbocycles. The van der Waals surface area contributed by atoms with Crippen LogP contribution in [0.2, 0.25) is 0 Å². The molecule has 0 saturated carbocycles. The number of hydrogen-bond acceptors (Lipinski definition) is 6. The van der Waals surface area contributed by atoms with Crippen molar-refractivity contribution in [2.75, 3.05) is 32.6 Å². The summed E-state index contributed by atoms with van der Waals surface area (Å²) >= 11 is 0. The van der Waals surface area contributed by atoms with Crippen LogP contribution in [-0.2, 0) is 24.3 Å². The molecule has 29 heavy (non-hydrogen) atoms. The van der Waals surface area contributed by atoms with E-state index in [0.717, 1.165) is 9.87 Å². The van der Waals surface area contributed by atoms with Crippen LogP contribution in [0.15, 0.2) is 59.0 Å². The van der Waals surface area contributed by atoms with E-state index in [1.54, 1.807) is 18.2 Å². The molecule has 8 nitrogen and oxygen atoms in total. The summed E-state index contributed by atoms with van der Waals surface area (Å²) in [5, 5.41) is 2.52. The standard InChI is InChI=1S/C20H20N2O6S/c1-22(2)29(25,26)17-8-5-7-16(11-17)21-19(23)13-28-20(24)15-10-14-6-3-4-9-18(14)27-12-15/h3-11H,12-13H2,1-2H3,(H,21,23). The van der Waals surface area contributed by atoms with Crippen molar-refractivity contribution < 1.29 is 27.5 Å². The highest BCUT2D eigenvalue weighted by Gasteiger charge is 2.20. The smallest absolute Gasteiger partial charge is 0.338 e. The van der Waals surface area contributed by atoms with Crippen LogP contribution >= 0.6 is 0 Å². The molecule has 1 N–H and O–H groups in total. The molecule has 0 radical (unpaired) electrons. The highest BCUT2D eigenvalue weighted by atomic mass is 32.2. The third-order valence-corrected chi connectivity index (χ3v) is 5.94. The van der Waals surface area contributed by atoms with E-state index in [1.807, 2.05) is 18.2 Å². The topological polar surface area (TPSA) is 102 Å². The van der Waals surface area contributed by atoms with Crippen LogP contribution in [0.3, 0.4) is 0 Å². The molecule has 2 aromatic carbocycles. The normalized spacial score (nSPS) is 13.1. The maximum absolute atomic E-state index is 12.2. The molecule has 0 unspecified atom stereocenters. The highest BCUT2D eigenvalue weighted by Crippen LogP contribution is 2.26. The van der Waals surface area contributed by atoms with Gasteiger partial charge in [0.05, 0.1) is 10.5 Å². The average molecular weight is 416 g/mol. The lowest BCUT2D eigenvalue weighted by Gasteiger charge is -2.17. The molecule has 2 aromatic rings. The van der Waals surface area contributed by atoms with E-state index < -0.39 is 28.5 Å².